The van der Waals surface area contributed by atoms with Crippen molar-refractivity contribution in [3.63, 3.8) is 0 Å². The highest BCUT2D eigenvalue weighted by molar-refractivity contribution is 7.15. The summed E-state index contributed by atoms with van der Waals surface area (Å²) in [6, 6.07) is 6.06. The van der Waals surface area contributed by atoms with Crippen LogP contribution >= 0.6 is 11.3 Å². The molecule has 1 aliphatic rings. The predicted octanol–water partition coefficient (Wildman–Crippen LogP) is 2.37. The van der Waals surface area contributed by atoms with Crippen molar-refractivity contribution in [3.05, 3.63) is 40.7 Å². The van der Waals surface area contributed by atoms with Crippen molar-refractivity contribution in [3.8, 4) is 0 Å². The van der Waals surface area contributed by atoms with Gasteiger partial charge in [0.15, 0.2) is 5.13 Å². The molecule has 2 aromatic rings. The molecule has 2 N–H and O–H groups in total. The fraction of sp³-hybridized carbons (Fsp3) is 0.389. The summed E-state index contributed by atoms with van der Waals surface area (Å²) in [4.78, 5) is 33.3. The molecular formula is C18H22FN5O2S. The summed E-state index contributed by atoms with van der Waals surface area (Å²) >= 11 is 1.41. The first-order chi connectivity index (χ1) is 12.9. The summed E-state index contributed by atoms with van der Waals surface area (Å²) in [7, 11) is 0. The third-order valence-corrected chi connectivity index (χ3v) is 5.42. The maximum atomic E-state index is 13.0. The topological polar surface area (TPSA) is 77.6 Å². The van der Waals surface area contributed by atoms with Gasteiger partial charge in [0, 0.05) is 36.7 Å². The van der Waals surface area contributed by atoms with Gasteiger partial charge in [0.2, 0.25) is 5.91 Å². The van der Waals surface area contributed by atoms with Crippen LogP contribution in [-0.2, 0) is 4.79 Å². The van der Waals surface area contributed by atoms with E-state index in [1.54, 1.807) is 17.0 Å². The molecular weight excluding hydrogens is 369 g/mol. The highest BCUT2D eigenvalue weighted by Crippen LogP contribution is 2.20. The summed E-state index contributed by atoms with van der Waals surface area (Å²) in [6.45, 7) is 6.11. The zero-order valence-electron chi connectivity index (χ0n) is 15.3. The molecule has 0 unspecified atom stereocenters. The van der Waals surface area contributed by atoms with Crippen LogP contribution < -0.4 is 15.5 Å². The number of nitrogens with one attached hydrogen (secondary N) is 2. The summed E-state index contributed by atoms with van der Waals surface area (Å²) in [6.07, 6.45) is 0. The van der Waals surface area contributed by atoms with Gasteiger partial charge in [0.1, 0.15) is 5.82 Å². The molecule has 3 rings (SSSR count). The van der Waals surface area contributed by atoms with Gasteiger partial charge in [-0.15, -0.1) is 11.3 Å². The number of rotatable bonds is 4. The van der Waals surface area contributed by atoms with Crippen LogP contribution in [0.25, 0.3) is 0 Å². The van der Waals surface area contributed by atoms with Gasteiger partial charge in [0.05, 0.1) is 12.2 Å². The van der Waals surface area contributed by atoms with Gasteiger partial charge < -0.3 is 20.4 Å². The highest BCUT2D eigenvalue weighted by atomic mass is 32.1. The van der Waals surface area contributed by atoms with Gasteiger partial charge in [-0.1, -0.05) is 0 Å². The second-order valence-electron chi connectivity index (χ2n) is 6.32. The lowest BCUT2D eigenvalue weighted by Crippen LogP contribution is -2.52. The molecule has 2 heterocycles. The van der Waals surface area contributed by atoms with Crippen LogP contribution in [0, 0.1) is 19.7 Å². The molecule has 0 atom stereocenters. The molecule has 0 saturated carbocycles. The van der Waals surface area contributed by atoms with Crippen LogP contribution in [-0.4, -0.2) is 54.5 Å². The van der Waals surface area contributed by atoms with Crippen molar-refractivity contribution in [1.29, 1.82) is 0 Å². The number of aryl methyl sites for hydroxylation is 2. The molecule has 1 aromatic carbocycles. The molecule has 27 heavy (non-hydrogen) atoms. The molecule has 7 nitrogen and oxygen atoms in total. The van der Waals surface area contributed by atoms with Gasteiger partial charge in [-0.2, -0.15) is 0 Å². The van der Waals surface area contributed by atoms with Gasteiger partial charge in [-0.05, 0) is 38.1 Å². The Kier molecular flexibility index (Phi) is 5.90. The standard InChI is InChI=1S/C18H22FN5O2S/c1-12-13(2)27-17(21-12)22-16(25)11-20-18(26)24-9-7-23(8-10-24)15-5-3-14(19)4-6-15/h3-6H,7-11H2,1-2H3,(H,20,26)(H,21,22,25). The summed E-state index contributed by atoms with van der Waals surface area (Å²) in [5.41, 5.74) is 1.82. The van der Waals surface area contributed by atoms with Gasteiger partial charge in [-0.3, -0.25) is 4.79 Å². The molecule has 0 spiro atoms. The Hall–Kier alpha value is -2.68. The average Bonchev–Trinajstić information content (AvgIpc) is 2.97. The van der Waals surface area contributed by atoms with Crippen molar-refractivity contribution in [1.82, 2.24) is 15.2 Å². The fourth-order valence-electron chi connectivity index (χ4n) is 2.78. The Morgan fingerprint density at radius 3 is 2.41 bits per heavy atom. The van der Waals surface area contributed by atoms with E-state index in [9.17, 15) is 14.0 Å². The summed E-state index contributed by atoms with van der Waals surface area (Å²) < 4.78 is 13.0. The highest BCUT2D eigenvalue weighted by Gasteiger charge is 2.21. The van der Waals surface area contributed by atoms with E-state index in [0.29, 0.717) is 31.3 Å². The Morgan fingerprint density at radius 2 is 1.81 bits per heavy atom. The van der Waals surface area contributed by atoms with Crippen molar-refractivity contribution in [2.75, 3.05) is 42.9 Å². The Labute approximate surface area is 161 Å². The third-order valence-electron chi connectivity index (χ3n) is 4.43. The Bertz CT molecular complexity index is 796. The monoisotopic (exact) mass is 391 g/mol. The molecule has 144 valence electrons. The van der Waals surface area contributed by atoms with E-state index in [4.69, 9.17) is 0 Å². The number of aromatic nitrogens is 1. The Morgan fingerprint density at radius 1 is 1.15 bits per heavy atom. The number of carbonyl (C=O) groups excluding carboxylic acids is 2. The second-order valence-corrected chi connectivity index (χ2v) is 7.52. The van der Waals surface area contributed by atoms with E-state index in [1.165, 1.54) is 23.5 Å². The Balaban J connectivity index is 1.42. The SMILES string of the molecule is Cc1nc(NC(=O)CNC(=O)N2CCN(c3ccc(F)cc3)CC2)sc1C. The molecule has 1 fully saturated rings. The molecule has 1 saturated heterocycles. The number of anilines is 2. The lowest BCUT2D eigenvalue weighted by molar-refractivity contribution is -0.115. The van der Waals surface area contributed by atoms with Crippen molar-refractivity contribution in [2.24, 2.45) is 0 Å². The minimum absolute atomic E-state index is 0.102. The molecule has 3 amide bonds. The number of amides is 3. The maximum absolute atomic E-state index is 13.0. The molecule has 0 aliphatic carbocycles. The molecule has 0 bridgehead atoms. The number of nitrogens with zero attached hydrogens (tertiary/aromatic N) is 3. The third kappa shape index (κ3) is 4.94. The predicted molar refractivity (Wildman–Crippen MR) is 104 cm³/mol. The number of hydrogen-bond donors (Lipinski definition) is 2. The van der Waals surface area contributed by atoms with Crippen molar-refractivity contribution < 1.29 is 14.0 Å². The summed E-state index contributed by atoms with van der Waals surface area (Å²) in [5.74, 6) is -0.569. The minimum atomic E-state index is -0.304. The number of hydrogen-bond acceptors (Lipinski definition) is 5. The first kappa shape index (κ1) is 19.1. The van der Waals surface area contributed by atoms with E-state index < -0.39 is 0 Å². The lowest BCUT2D eigenvalue weighted by atomic mass is 10.2. The zero-order chi connectivity index (χ0) is 19.4. The van der Waals surface area contributed by atoms with Crippen molar-refractivity contribution in [2.45, 2.75) is 13.8 Å². The average molecular weight is 391 g/mol. The van der Waals surface area contributed by atoms with Crippen molar-refractivity contribution >= 4 is 34.1 Å². The lowest BCUT2D eigenvalue weighted by Gasteiger charge is -2.36. The van der Waals surface area contributed by atoms with Gasteiger partial charge >= 0.3 is 6.03 Å². The first-order valence-corrected chi connectivity index (χ1v) is 9.51. The largest absolute Gasteiger partial charge is 0.368 e. The second kappa shape index (κ2) is 8.34. The maximum Gasteiger partial charge on any atom is 0.317 e. The molecule has 9 heteroatoms. The molecule has 0 radical (unpaired) electrons. The van der Waals surface area contributed by atoms with E-state index >= 15 is 0 Å². The fourth-order valence-corrected chi connectivity index (χ4v) is 3.61. The number of halogens is 1. The molecule has 1 aromatic heterocycles. The van der Waals surface area contributed by atoms with Crippen LogP contribution in [0.4, 0.5) is 20.0 Å². The number of benzene rings is 1. The van der Waals surface area contributed by atoms with Crippen LogP contribution in [0.3, 0.4) is 0 Å². The van der Waals surface area contributed by atoms with Crippen LogP contribution in [0.2, 0.25) is 0 Å². The minimum Gasteiger partial charge on any atom is -0.368 e. The van der Waals surface area contributed by atoms with Crippen LogP contribution in [0.1, 0.15) is 10.6 Å². The quantitative estimate of drug-likeness (QED) is 0.839. The smallest absolute Gasteiger partial charge is 0.317 e. The zero-order valence-corrected chi connectivity index (χ0v) is 16.1. The van der Waals surface area contributed by atoms with E-state index in [-0.39, 0.29) is 24.3 Å². The van der Waals surface area contributed by atoms with Crippen LogP contribution in [0.15, 0.2) is 24.3 Å². The normalized spacial score (nSPS) is 14.2. The number of piperazine rings is 1. The summed E-state index contributed by atoms with van der Waals surface area (Å²) in [5, 5.41) is 5.87. The van der Waals surface area contributed by atoms with Crippen LogP contribution in [0.5, 0.6) is 0 Å². The van der Waals surface area contributed by atoms with Gasteiger partial charge in [-0.25, -0.2) is 14.2 Å². The van der Waals surface area contributed by atoms with E-state index in [2.05, 4.69) is 20.5 Å². The number of urea groups is 1. The van der Waals surface area contributed by atoms with E-state index in [0.717, 1.165) is 16.3 Å². The number of carbonyl (C=O) groups is 2. The first-order valence-electron chi connectivity index (χ1n) is 8.69. The molecule has 1 aliphatic heterocycles. The number of thiazole rings is 1. The van der Waals surface area contributed by atoms with E-state index in [1.807, 2.05) is 13.8 Å². The van der Waals surface area contributed by atoms with Gasteiger partial charge in [0.25, 0.3) is 0 Å².